The van der Waals surface area contributed by atoms with Crippen LogP contribution in [0.3, 0.4) is 0 Å². The molecule has 0 aliphatic carbocycles. The third-order valence-electron chi connectivity index (χ3n) is 3.20. The Bertz CT molecular complexity index is 418. The van der Waals surface area contributed by atoms with Crippen LogP contribution in [0.25, 0.3) is 0 Å². The van der Waals surface area contributed by atoms with Crippen molar-refractivity contribution in [2.24, 2.45) is 5.92 Å². The molecule has 0 fully saturated rings. The molecule has 1 unspecified atom stereocenters. The normalized spacial score (nSPS) is 12.0. The van der Waals surface area contributed by atoms with Crippen molar-refractivity contribution >= 4 is 6.03 Å². The zero-order valence-electron chi connectivity index (χ0n) is 13.1. The fraction of sp³-hybridized carbons (Fsp3) is 0.562. The van der Waals surface area contributed by atoms with Gasteiger partial charge in [-0.05, 0) is 36.5 Å². The monoisotopic (exact) mass is 294 g/mol. The molecule has 0 spiro atoms. The average Bonchev–Trinajstić information content (AvgIpc) is 2.49. The maximum atomic E-state index is 11.6. The first kappa shape index (κ1) is 17.3. The van der Waals surface area contributed by atoms with Gasteiger partial charge in [-0.15, -0.1) is 0 Å². The smallest absolute Gasteiger partial charge is 0.314 e. The van der Waals surface area contributed by atoms with Gasteiger partial charge in [-0.25, -0.2) is 4.79 Å². The summed E-state index contributed by atoms with van der Waals surface area (Å²) in [6.45, 7) is 5.15. The Morgan fingerprint density at radius 3 is 2.48 bits per heavy atom. The number of carbonyl (C=O) groups is 1. The van der Waals surface area contributed by atoms with Gasteiger partial charge >= 0.3 is 6.03 Å². The van der Waals surface area contributed by atoms with Crippen LogP contribution in [0, 0.1) is 5.92 Å². The van der Waals surface area contributed by atoms with Gasteiger partial charge in [0.25, 0.3) is 0 Å². The number of aliphatic hydroxyl groups is 1. The van der Waals surface area contributed by atoms with E-state index in [9.17, 15) is 9.90 Å². The molecule has 21 heavy (non-hydrogen) atoms. The van der Waals surface area contributed by atoms with Crippen molar-refractivity contribution in [1.82, 2.24) is 10.6 Å². The number of amides is 2. The summed E-state index contributed by atoms with van der Waals surface area (Å²) < 4.78 is 5.06. The number of aliphatic hydroxyl groups excluding tert-OH is 1. The Labute approximate surface area is 126 Å². The van der Waals surface area contributed by atoms with Gasteiger partial charge in [-0.1, -0.05) is 26.0 Å². The average molecular weight is 294 g/mol. The van der Waals surface area contributed by atoms with Crippen LogP contribution in [-0.4, -0.2) is 31.3 Å². The van der Waals surface area contributed by atoms with Crippen molar-refractivity contribution in [2.45, 2.75) is 32.8 Å². The zero-order valence-corrected chi connectivity index (χ0v) is 13.1. The van der Waals surface area contributed by atoms with Crippen molar-refractivity contribution in [3.8, 4) is 5.75 Å². The van der Waals surface area contributed by atoms with E-state index in [-0.39, 0.29) is 12.6 Å². The van der Waals surface area contributed by atoms with E-state index in [2.05, 4.69) is 24.5 Å². The first-order chi connectivity index (χ1) is 10.0. The van der Waals surface area contributed by atoms with Crippen molar-refractivity contribution < 1.29 is 14.6 Å². The number of carbonyl (C=O) groups excluding carboxylic acids is 1. The molecule has 0 saturated heterocycles. The minimum Gasteiger partial charge on any atom is -0.497 e. The largest absolute Gasteiger partial charge is 0.497 e. The second-order valence-corrected chi connectivity index (χ2v) is 5.46. The predicted octanol–water partition coefficient (Wildman–Crippen LogP) is 2.46. The molecule has 1 rings (SSSR count). The van der Waals surface area contributed by atoms with Crippen molar-refractivity contribution in [3.05, 3.63) is 29.8 Å². The predicted molar refractivity (Wildman–Crippen MR) is 83.4 cm³/mol. The Morgan fingerprint density at radius 2 is 1.90 bits per heavy atom. The summed E-state index contributed by atoms with van der Waals surface area (Å²) >= 11 is 0. The van der Waals surface area contributed by atoms with E-state index in [0.717, 1.165) is 24.2 Å². The zero-order chi connectivity index (χ0) is 15.7. The van der Waals surface area contributed by atoms with E-state index in [1.165, 1.54) is 0 Å². The lowest BCUT2D eigenvalue weighted by Crippen LogP contribution is -2.38. The van der Waals surface area contributed by atoms with E-state index in [4.69, 9.17) is 4.74 Å². The van der Waals surface area contributed by atoms with Gasteiger partial charge in [0.05, 0.1) is 13.2 Å². The van der Waals surface area contributed by atoms with Crippen LogP contribution in [0.5, 0.6) is 5.75 Å². The number of benzene rings is 1. The molecule has 0 saturated carbocycles. The second kappa shape index (κ2) is 9.23. The molecule has 3 N–H and O–H groups in total. The molecule has 5 nitrogen and oxygen atoms in total. The van der Waals surface area contributed by atoms with E-state index in [0.29, 0.717) is 12.5 Å². The van der Waals surface area contributed by atoms with E-state index in [1.807, 2.05) is 0 Å². The molecular formula is C16H26N2O3. The van der Waals surface area contributed by atoms with Crippen molar-refractivity contribution in [3.63, 3.8) is 0 Å². The fourth-order valence-corrected chi connectivity index (χ4v) is 1.91. The number of ether oxygens (including phenoxy) is 1. The first-order valence-corrected chi connectivity index (χ1v) is 7.36. The van der Waals surface area contributed by atoms with Gasteiger partial charge in [0, 0.05) is 13.1 Å². The Hall–Kier alpha value is -1.75. The summed E-state index contributed by atoms with van der Waals surface area (Å²) in [5, 5.41) is 15.4. The van der Waals surface area contributed by atoms with Crippen LogP contribution < -0.4 is 15.4 Å². The minimum absolute atomic E-state index is 0.183. The minimum atomic E-state index is -0.725. The van der Waals surface area contributed by atoms with Gasteiger partial charge in [0.2, 0.25) is 0 Å². The lowest BCUT2D eigenvalue weighted by Gasteiger charge is -2.13. The second-order valence-electron chi connectivity index (χ2n) is 5.46. The molecular weight excluding hydrogens is 268 g/mol. The topological polar surface area (TPSA) is 70.6 Å². The number of methoxy groups -OCH3 is 1. The summed E-state index contributed by atoms with van der Waals surface area (Å²) in [5.74, 6) is 1.38. The molecule has 2 amide bonds. The third kappa shape index (κ3) is 6.99. The number of urea groups is 1. The summed E-state index contributed by atoms with van der Waals surface area (Å²) in [6, 6.07) is 6.89. The molecule has 118 valence electrons. The SMILES string of the molecule is COc1ccc(C(O)CNC(=O)NCCCC(C)C)cc1. The lowest BCUT2D eigenvalue weighted by molar-refractivity contribution is 0.173. The molecule has 0 heterocycles. The van der Waals surface area contributed by atoms with Crippen LogP contribution in [0.1, 0.15) is 38.4 Å². The van der Waals surface area contributed by atoms with Crippen molar-refractivity contribution in [2.75, 3.05) is 20.2 Å². The first-order valence-electron chi connectivity index (χ1n) is 7.36. The van der Waals surface area contributed by atoms with Gasteiger partial charge in [-0.2, -0.15) is 0 Å². The molecule has 1 atom stereocenters. The molecule has 5 heteroatoms. The summed E-state index contributed by atoms with van der Waals surface area (Å²) in [6.07, 6.45) is 1.33. The molecule has 1 aromatic rings. The van der Waals surface area contributed by atoms with E-state index >= 15 is 0 Å². The Balaban J connectivity index is 2.25. The molecule has 0 aliphatic heterocycles. The number of nitrogens with one attached hydrogen (secondary N) is 2. The van der Waals surface area contributed by atoms with Gasteiger partial charge < -0.3 is 20.5 Å². The quantitative estimate of drug-likeness (QED) is 0.645. The molecule has 0 aromatic heterocycles. The summed E-state index contributed by atoms with van der Waals surface area (Å²) in [7, 11) is 1.59. The summed E-state index contributed by atoms with van der Waals surface area (Å²) in [4.78, 5) is 11.6. The number of rotatable bonds is 8. The van der Waals surface area contributed by atoms with Gasteiger partial charge in [0.1, 0.15) is 5.75 Å². The Kier molecular flexibility index (Phi) is 7.61. The van der Waals surface area contributed by atoms with Crippen LogP contribution in [0.15, 0.2) is 24.3 Å². The summed E-state index contributed by atoms with van der Waals surface area (Å²) in [5.41, 5.74) is 0.746. The highest BCUT2D eigenvalue weighted by molar-refractivity contribution is 5.73. The number of hydrogen-bond acceptors (Lipinski definition) is 3. The highest BCUT2D eigenvalue weighted by Gasteiger charge is 2.09. The maximum absolute atomic E-state index is 11.6. The highest BCUT2D eigenvalue weighted by atomic mass is 16.5. The van der Waals surface area contributed by atoms with Gasteiger partial charge in [0.15, 0.2) is 0 Å². The van der Waals surface area contributed by atoms with E-state index < -0.39 is 6.10 Å². The standard InChI is InChI=1S/C16H26N2O3/c1-12(2)5-4-10-17-16(20)18-11-15(19)13-6-8-14(21-3)9-7-13/h6-9,12,15,19H,4-5,10-11H2,1-3H3,(H2,17,18,20). The van der Waals surface area contributed by atoms with Crippen molar-refractivity contribution in [1.29, 1.82) is 0 Å². The fourth-order valence-electron chi connectivity index (χ4n) is 1.91. The van der Waals surface area contributed by atoms with Crippen LogP contribution in [-0.2, 0) is 0 Å². The lowest BCUT2D eigenvalue weighted by atomic mass is 10.1. The van der Waals surface area contributed by atoms with Crippen LogP contribution in [0.4, 0.5) is 4.79 Å². The van der Waals surface area contributed by atoms with Crippen LogP contribution >= 0.6 is 0 Å². The molecule has 1 aromatic carbocycles. The maximum Gasteiger partial charge on any atom is 0.314 e. The number of hydrogen-bond donors (Lipinski definition) is 3. The third-order valence-corrected chi connectivity index (χ3v) is 3.20. The molecule has 0 aliphatic rings. The van der Waals surface area contributed by atoms with Gasteiger partial charge in [-0.3, -0.25) is 0 Å². The molecule has 0 bridgehead atoms. The Morgan fingerprint density at radius 1 is 1.24 bits per heavy atom. The van der Waals surface area contributed by atoms with Crippen LogP contribution in [0.2, 0.25) is 0 Å². The highest BCUT2D eigenvalue weighted by Crippen LogP contribution is 2.16. The van der Waals surface area contributed by atoms with E-state index in [1.54, 1.807) is 31.4 Å². The molecule has 0 radical (unpaired) electrons.